The first-order chi connectivity index (χ1) is 11.1. The molecule has 0 fully saturated rings. The summed E-state index contributed by atoms with van der Waals surface area (Å²) >= 11 is 4.49. The van der Waals surface area contributed by atoms with Crippen LogP contribution in [0, 0.1) is 0 Å². The third-order valence-electron chi connectivity index (χ3n) is 3.34. The van der Waals surface area contributed by atoms with E-state index in [0.717, 1.165) is 15.3 Å². The highest BCUT2D eigenvalue weighted by atomic mass is 32.2. The SMILES string of the molecule is CCn1c(SCCC(N)=O)nc2scc(-c3cccs3)c2c1=O. The summed E-state index contributed by atoms with van der Waals surface area (Å²) in [7, 11) is 0. The molecule has 0 aliphatic carbocycles. The Morgan fingerprint density at radius 2 is 2.26 bits per heavy atom. The van der Waals surface area contributed by atoms with Gasteiger partial charge in [0.15, 0.2) is 5.16 Å². The first-order valence-corrected chi connectivity index (χ1v) is 9.83. The molecule has 3 rings (SSSR count). The van der Waals surface area contributed by atoms with Gasteiger partial charge in [-0.05, 0) is 18.4 Å². The molecule has 0 bridgehead atoms. The van der Waals surface area contributed by atoms with Crippen LogP contribution in [-0.4, -0.2) is 21.2 Å². The van der Waals surface area contributed by atoms with Crippen LogP contribution in [0.2, 0.25) is 0 Å². The van der Waals surface area contributed by atoms with Gasteiger partial charge in [-0.2, -0.15) is 0 Å². The molecule has 0 atom stereocenters. The number of carbonyl (C=O) groups is 1. The van der Waals surface area contributed by atoms with Crippen LogP contribution in [0.1, 0.15) is 13.3 Å². The molecule has 0 unspecified atom stereocenters. The van der Waals surface area contributed by atoms with Crippen LogP contribution in [0.3, 0.4) is 0 Å². The van der Waals surface area contributed by atoms with E-state index in [2.05, 4.69) is 4.98 Å². The predicted octanol–water partition coefficient (Wildman–Crippen LogP) is 3.17. The normalized spacial score (nSPS) is 11.2. The molecule has 2 N–H and O–H groups in total. The van der Waals surface area contributed by atoms with Crippen molar-refractivity contribution >= 4 is 50.6 Å². The molecule has 0 aliphatic rings. The lowest BCUT2D eigenvalue weighted by Crippen LogP contribution is -2.22. The molecule has 1 amide bonds. The molecule has 0 saturated heterocycles. The molecule has 5 nitrogen and oxygen atoms in total. The fourth-order valence-electron chi connectivity index (χ4n) is 2.25. The largest absolute Gasteiger partial charge is 0.370 e. The number of nitrogens with two attached hydrogens (primary N) is 1. The van der Waals surface area contributed by atoms with Crippen molar-refractivity contribution in [2.75, 3.05) is 5.75 Å². The van der Waals surface area contributed by atoms with E-state index in [0.29, 0.717) is 22.8 Å². The molecule has 0 spiro atoms. The molecule has 0 saturated carbocycles. The summed E-state index contributed by atoms with van der Waals surface area (Å²) in [5.74, 6) is 0.177. The summed E-state index contributed by atoms with van der Waals surface area (Å²) in [5, 5.41) is 5.31. The van der Waals surface area contributed by atoms with Gasteiger partial charge in [0.25, 0.3) is 5.56 Å². The molecule has 3 heterocycles. The lowest BCUT2D eigenvalue weighted by atomic mass is 10.2. The summed E-state index contributed by atoms with van der Waals surface area (Å²) in [5.41, 5.74) is 6.10. The Bertz CT molecular complexity index is 897. The van der Waals surface area contributed by atoms with Gasteiger partial charge >= 0.3 is 0 Å². The standard InChI is InChI=1S/C15H15N3O2S3/c1-2-18-14(20)12-9(10-4-3-6-21-10)8-23-13(12)17-15(18)22-7-5-11(16)19/h3-4,6,8H,2,5,7H2,1H3,(H2,16,19). The average Bonchev–Trinajstić information content (AvgIpc) is 3.15. The Balaban J connectivity index is 2.08. The van der Waals surface area contributed by atoms with Crippen molar-refractivity contribution in [2.24, 2.45) is 5.73 Å². The van der Waals surface area contributed by atoms with Gasteiger partial charge in [-0.1, -0.05) is 17.8 Å². The van der Waals surface area contributed by atoms with Gasteiger partial charge in [0.2, 0.25) is 5.91 Å². The third kappa shape index (κ3) is 3.19. The third-order valence-corrected chi connectivity index (χ3v) is 6.09. The topological polar surface area (TPSA) is 78.0 Å². The first-order valence-electron chi connectivity index (χ1n) is 7.08. The van der Waals surface area contributed by atoms with Crippen molar-refractivity contribution in [1.29, 1.82) is 0 Å². The fourth-order valence-corrected chi connectivity index (χ4v) is 5.07. The second-order valence-corrected chi connectivity index (χ2v) is 7.68. The molecule has 0 aromatic carbocycles. The zero-order chi connectivity index (χ0) is 16.4. The molecular weight excluding hydrogens is 350 g/mol. The molecule has 3 aromatic heterocycles. The lowest BCUT2D eigenvalue weighted by molar-refractivity contribution is -0.117. The van der Waals surface area contributed by atoms with Crippen LogP contribution >= 0.6 is 34.4 Å². The molecule has 8 heteroatoms. The Morgan fingerprint density at radius 3 is 2.91 bits per heavy atom. The van der Waals surface area contributed by atoms with E-state index < -0.39 is 0 Å². The summed E-state index contributed by atoms with van der Waals surface area (Å²) in [4.78, 5) is 30.2. The Labute approximate surface area is 145 Å². The predicted molar refractivity (Wildman–Crippen MR) is 97.4 cm³/mol. The van der Waals surface area contributed by atoms with Gasteiger partial charge < -0.3 is 5.73 Å². The minimum absolute atomic E-state index is 0.0243. The summed E-state index contributed by atoms with van der Waals surface area (Å²) < 4.78 is 1.66. The van der Waals surface area contributed by atoms with E-state index in [1.807, 2.05) is 29.8 Å². The van der Waals surface area contributed by atoms with Crippen LogP contribution in [0.25, 0.3) is 20.7 Å². The van der Waals surface area contributed by atoms with Crippen LogP contribution < -0.4 is 11.3 Å². The van der Waals surface area contributed by atoms with Gasteiger partial charge in [0.1, 0.15) is 4.83 Å². The number of nitrogens with zero attached hydrogens (tertiary/aromatic N) is 2. The second-order valence-electron chi connectivity index (χ2n) is 4.82. The number of rotatable bonds is 6. The van der Waals surface area contributed by atoms with Crippen LogP contribution in [0.4, 0.5) is 0 Å². The highest BCUT2D eigenvalue weighted by Crippen LogP contribution is 2.34. The van der Waals surface area contributed by atoms with Gasteiger partial charge in [0.05, 0.1) is 5.39 Å². The molecule has 0 aliphatic heterocycles. The number of amides is 1. The van der Waals surface area contributed by atoms with Crippen molar-refractivity contribution in [2.45, 2.75) is 25.0 Å². The zero-order valence-electron chi connectivity index (χ0n) is 12.4. The maximum Gasteiger partial charge on any atom is 0.263 e. The Kier molecular flexibility index (Phi) is 4.84. The van der Waals surface area contributed by atoms with E-state index >= 15 is 0 Å². The number of hydrogen-bond acceptors (Lipinski definition) is 6. The smallest absolute Gasteiger partial charge is 0.263 e. The second kappa shape index (κ2) is 6.86. The fraction of sp³-hybridized carbons (Fsp3) is 0.267. The molecular formula is C15H15N3O2S3. The summed E-state index contributed by atoms with van der Waals surface area (Å²) in [6, 6.07) is 3.99. The Morgan fingerprint density at radius 1 is 1.43 bits per heavy atom. The van der Waals surface area contributed by atoms with Gasteiger partial charge in [-0.3, -0.25) is 14.2 Å². The zero-order valence-corrected chi connectivity index (χ0v) is 14.9. The summed E-state index contributed by atoms with van der Waals surface area (Å²) in [6.45, 7) is 2.46. The van der Waals surface area contributed by atoms with Crippen molar-refractivity contribution in [3.8, 4) is 10.4 Å². The van der Waals surface area contributed by atoms with Crippen LogP contribution in [0.5, 0.6) is 0 Å². The highest BCUT2D eigenvalue weighted by Gasteiger charge is 2.17. The minimum Gasteiger partial charge on any atom is -0.370 e. The Hall–Kier alpha value is -1.64. The van der Waals surface area contributed by atoms with Gasteiger partial charge in [-0.15, -0.1) is 22.7 Å². The number of carbonyl (C=O) groups excluding carboxylic acids is 1. The van der Waals surface area contributed by atoms with Crippen LogP contribution in [-0.2, 0) is 11.3 Å². The quantitative estimate of drug-likeness (QED) is 0.537. The van der Waals surface area contributed by atoms with E-state index in [1.165, 1.54) is 23.1 Å². The van der Waals surface area contributed by atoms with Crippen molar-refractivity contribution in [1.82, 2.24) is 9.55 Å². The van der Waals surface area contributed by atoms with E-state index in [9.17, 15) is 9.59 Å². The highest BCUT2D eigenvalue weighted by molar-refractivity contribution is 7.99. The van der Waals surface area contributed by atoms with E-state index in [-0.39, 0.29) is 17.9 Å². The number of hydrogen-bond donors (Lipinski definition) is 1. The first kappa shape index (κ1) is 16.2. The molecule has 0 radical (unpaired) electrons. The van der Waals surface area contributed by atoms with Crippen molar-refractivity contribution < 1.29 is 4.79 Å². The van der Waals surface area contributed by atoms with Crippen LogP contribution in [0.15, 0.2) is 32.8 Å². The van der Waals surface area contributed by atoms with Gasteiger partial charge in [-0.25, -0.2) is 4.98 Å². The number of primary amides is 1. The summed E-state index contributed by atoms with van der Waals surface area (Å²) in [6.07, 6.45) is 0.271. The maximum absolute atomic E-state index is 12.9. The van der Waals surface area contributed by atoms with Crippen molar-refractivity contribution in [3.05, 3.63) is 33.2 Å². The minimum atomic E-state index is -0.347. The average molecular weight is 366 g/mol. The number of fused-ring (bicyclic) bond motifs is 1. The van der Waals surface area contributed by atoms with Gasteiger partial charge in [0, 0.05) is 34.5 Å². The maximum atomic E-state index is 12.9. The number of thioether (sulfide) groups is 1. The monoisotopic (exact) mass is 365 g/mol. The van der Waals surface area contributed by atoms with Crippen molar-refractivity contribution in [3.63, 3.8) is 0 Å². The van der Waals surface area contributed by atoms with E-state index in [4.69, 9.17) is 5.73 Å². The molecule has 23 heavy (non-hydrogen) atoms. The molecule has 120 valence electrons. The number of aromatic nitrogens is 2. The lowest BCUT2D eigenvalue weighted by Gasteiger charge is -2.09. The van der Waals surface area contributed by atoms with E-state index in [1.54, 1.807) is 15.9 Å². The molecule has 3 aromatic rings. The number of thiophene rings is 2.